The highest BCUT2D eigenvalue weighted by Gasteiger charge is 2.09. The van der Waals surface area contributed by atoms with Crippen LogP contribution in [-0.4, -0.2) is 15.1 Å². The largest absolute Gasteiger partial charge is 0.334 e. The Labute approximate surface area is 104 Å². The lowest BCUT2D eigenvalue weighted by Gasteiger charge is -1.94. The zero-order chi connectivity index (χ0) is 12.4. The third-order valence-corrected chi connectivity index (χ3v) is 2.64. The van der Waals surface area contributed by atoms with Crippen LogP contribution in [0.4, 0.5) is 0 Å². The fourth-order valence-electron chi connectivity index (χ4n) is 1.65. The standard InChI is InChI=1S/C14H11N3O/c1-10-4-6-11(7-5-10)13-16-14(18-17-13)12-3-2-8-15-9-12/h2-9H,1H3. The lowest BCUT2D eigenvalue weighted by molar-refractivity contribution is 0.432. The van der Waals surface area contributed by atoms with E-state index >= 15 is 0 Å². The van der Waals surface area contributed by atoms with E-state index in [0.717, 1.165) is 11.1 Å². The first-order valence-electron chi connectivity index (χ1n) is 5.64. The van der Waals surface area contributed by atoms with Gasteiger partial charge in [-0.25, -0.2) is 0 Å². The number of hydrogen-bond acceptors (Lipinski definition) is 4. The van der Waals surface area contributed by atoms with Gasteiger partial charge in [0.25, 0.3) is 5.89 Å². The first kappa shape index (κ1) is 10.7. The van der Waals surface area contributed by atoms with Crippen LogP contribution in [0.3, 0.4) is 0 Å². The molecule has 4 heteroatoms. The lowest BCUT2D eigenvalue weighted by Crippen LogP contribution is -1.82. The van der Waals surface area contributed by atoms with E-state index in [2.05, 4.69) is 15.1 Å². The first-order chi connectivity index (χ1) is 8.83. The van der Waals surface area contributed by atoms with Crippen molar-refractivity contribution in [3.63, 3.8) is 0 Å². The van der Waals surface area contributed by atoms with Gasteiger partial charge in [0.1, 0.15) is 0 Å². The molecule has 0 fully saturated rings. The van der Waals surface area contributed by atoms with Gasteiger partial charge in [-0.1, -0.05) is 35.0 Å². The van der Waals surface area contributed by atoms with Gasteiger partial charge in [-0.15, -0.1) is 0 Å². The maximum absolute atomic E-state index is 5.23. The highest BCUT2D eigenvalue weighted by atomic mass is 16.5. The van der Waals surface area contributed by atoms with E-state index in [1.54, 1.807) is 12.4 Å². The van der Waals surface area contributed by atoms with Crippen molar-refractivity contribution in [2.24, 2.45) is 0 Å². The molecule has 0 aliphatic carbocycles. The van der Waals surface area contributed by atoms with Crippen LogP contribution in [0.5, 0.6) is 0 Å². The molecule has 0 aliphatic heterocycles. The maximum Gasteiger partial charge on any atom is 0.259 e. The van der Waals surface area contributed by atoms with E-state index in [9.17, 15) is 0 Å². The van der Waals surface area contributed by atoms with E-state index in [-0.39, 0.29) is 0 Å². The minimum Gasteiger partial charge on any atom is -0.334 e. The SMILES string of the molecule is Cc1ccc(-c2noc(-c3cccnc3)n2)cc1. The van der Waals surface area contributed by atoms with Crippen LogP contribution in [-0.2, 0) is 0 Å². The van der Waals surface area contributed by atoms with Crippen molar-refractivity contribution in [1.82, 2.24) is 15.1 Å². The minimum atomic E-state index is 0.485. The summed E-state index contributed by atoms with van der Waals surface area (Å²) in [6.45, 7) is 2.04. The molecule has 4 nitrogen and oxygen atoms in total. The summed E-state index contributed by atoms with van der Waals surface area (Å²) in [6, 6.07) is 11.7. The molecule has 0 spiro atoms. The van der Waals surface area contributed by atoms with Crippen LogP contribution < -0.4 is 0 Å². The number of rotatable bonds is 2. The predicted molar refractivity (Wildman–Crippen MR) is 67.7 cm³/mol. The van der Waals surface area contributed by atoms with Crippen molar-refractivity contribution in [2.45, 2.75) is 6.92 Å². The van der Waals surface area contributed by atoms with Crippen LogP contribution in [0, 0.1) is 6.92 Å². The molecule has 0 aliphatic rings. The summed E-state index contributed by atoms with van der Waals surface area (Å²) < 4.78 is 5.23. The molecule has 3 aromatic rings. The molecule has 88 valence electrons. The Kier molecular flexibility index (Phi) is 2.61. The van der Waals surface area contributed by atoms with E-state index in [0.29, 0.717) is 11.7 Å². The van der Waals surface area contributed by atoms with Crippen LogP contribution in [0.25, 0.3) is 22.8 Å². The zero-order valence-electron chi connectivity index (χ0n) is 9.87. The smallest absolute Gasteiger partial charge is 0.259 e. The molecule has 0 unspecified atom stereocenters. The Hall–Kier alpha value is -2.49. The molecule has 0 saturated carbocycles. The number of aromatic nitrogens is 3. The van der Waals surface area contributed by atoms with Crippen molar-refractivity contribution in [3.05, 3.63) is 54.4 Å². The average molecular weight is 237 g/mol. The third kappa shape index (κ3) is 2.00. The van der Waals surface area contributed by atoms with E-state index in [1.807, 2.05) is 43.3 Å². The molecule has 0 bridgehead atoms. The van der Waals surface area contributed by atoms with E-state index < -0.39 is 0 Å². The molecule has 3 rings (SSSR count). The molecule has 0 N–H and O–H groups in total. The molecule has 0 amide bonds. The van der Waals surface area contributed by atoms with Crippen LogP contribution in [0.1, 0.15) is 5.56 Å². The summed E-state index contributed by atoms with van der Waals surface area (Å²) in [4.78, 5) is 8.39. The average Bonchev–Trinajstić information content (AvgIpc) is 2.90. The minimum absolute atomic E-state index is 0.485. The van der Waals surface area contributed by atoms with Crippen LogP contribution >= 0.6 is 0 Å². The number of pyridine rings is 1. The Bertz CT molecular complexity index is 644. The van der Waals surface area contributed by atoms with Gasteiger partial charge in [0.2, 0.25) is 5.82 Å². The van der Waals surface area contributed by atoms with Gasteiger partial charge >= 0.3 is 0 Å². The number of benzene rings is 1. The highest BCUT2D eigenvalue weighted by Crippen LogP contribution is 2.21. The first-order valence-corrected chi connectivity index (χ1v) is 5.64. The Morgan fingerprint density at radius 2 is 1.83 bits per heavy atom. The third-order valence-electron chi connectivity index (χ3n) is 2.64. The van der Waals surface area contributed by atoms with Gasteiger partial charge in [-0.2, -0.15) is 4.98 Å². The maximum atomic E-state index is 5.23. The summed E-state index contributed by atoms with van der Waals surface area (Å²) >= 11 is 0. The van der Waals surface area contributed by atoms with E-state index in [4.69, 9.17) is 4.52 Å². The molecule has 0 saturated heterocycles. The lowest BCUT2D eigenvalue weighted by atomic mass is 10.1. The van der Waals surface area contributed by atoms with Crippen molar-refractivity contribution in [2.75, 3.05) is 0 Å². The van der Waals surface area contributed by atoms with Crippen molar-refractivity contribution < 1.29 is 4.52 Å². The Morgan fingerprint density at radius 3 is 2.56 bits per heavy atom. The van der Waals surface area contributed by atoms with Gasteiger partial charge < -0.3 is 4.52 Å². The number of nitrogens with zero attached hydrogens (tertiary/aromatic N) is 3. The predicted octanol–water partition coefficient (Wildman–Crippen LogP) is 3.11. The summed E-state index contributed by atoms with van der Waals surface area (Å²) in [7, 11) is 0. The highest BCUT2D eigenvalue weighted by molar-refractivity contribution is 5.59. The fraction of sp³-hybridized carbons (Fsp3) is 0.0714. The zero-order valence-corrected chi connectivity index (χ0v) is 9.87. The molecule has 2 heterocycles. The molecule has 18 heavy (non-hydrogen) atoms. The van der Waals surface area contributed by atoms with Gasteiger partial charge in [0, 0.05) is 18.0 Å². The number of hydrogen-bond donors (Lipinski definition) is 0. The van der Waals surface area contributed by atoms with Crippen LogP contribution in [0.2, 0.25) is 0 Å². The van der Waals surface area contributed by atoms with Gasteiger partial charge in [0.05, 0.1) is 5.56 Å². The second-order valence-corrected chi connectivity index (χ2v) is 4.03. The second-order valence-electron chi connectivity index (χ2n) is 4.03. The van der Waals surface area contributed by atoms with Crippen molar-refractivity contribution >= 4 is 0 Å². The fourth-order valence-corrected chi connectivity index (χ4v) is 1.65. The Balaban J connectivity index is 1.97. The molecule has 0 atom stereocenters. The van der Waals surface area contributed by atoms with Crippen molar-refractivity contribution in [3.8, 4) is 22.8 Å². The van der Waals surface area contributed by atoms with E-state index in [1.165, 1.54) is 5.56 Å². The summed E-state index contributed by atoms with van der Waals surface area (Å²) in [5.74, 6) is 1.08. The molecule has 1 aromatic carbocycles. The monoisotopic (exact) mass is 237 g/mol. The Morgan fingerprint density at radius 1 is 1.00 bits per heavy atom. The van der Waals surface area contributed by atoms with Gasteiger partial charge in [-0.3, -0.25) is 4.98 Å². The van der Waals surface area contributed by atoms with Crippen LogP contribution in [0.15, 0.2) is 53.3 Å². The van der Waals surface area contributed by atoms with Crippen molar-refractivity contribution in [1.29, 1.82) is 0 Å². The number of aryl methyl sites for hydroxylation is 1. The summed E-state index contributed by atoms with van der Waals surface area (Å²) in [5, 5.41) is 3.98. The molecular weight excluding hydrogens is 226 g/mol. The normalized spacial score (nSPS) is 10.5. The molecule has 2 aromatic heterocycles. The summed E-state index contributed by atoms with van der Waals surface area (Å²) in [5.41, 5.74) is 2.97. The molecule has 0 radical (unpaired) electrons. The summed E-state index contributed by atoms with van der Waals surface area (Å²) in [6.07, 6.45) is 3.41. The quantitative estimate of drug-likeness (QED) is 0.687. The van der Waals surface area contributed by atoms with Gasteiger partial charge in [0.15, 0.2) is 0 Å². The second kappa shape index (κ2) is 4.41. The molecular formula is C14H11N3O. The topological polar surface area (TPSA) is 51.8 Å². The van der Waals surface area contributed by atoms with Gasteiger partial charge in [-0.05, 0) is 19.1 Å².